The number of hydrogen-bond acceptors (Lipinski definition) is 4. The first kappa shape index (κ1) is 15.4. The molecule has 2 N–H and O–H groups in total. The third-order valence-electron chi connectivity index (χ3n) is 3.45. The van der Waals surface area contributed by atoms with Gasteiger partial charge in [-0.25, -0.2) is 0 Å². The van der Waals surface area contributed by atoms with Crippen LogP contribution >= 0.6 is 0 Å². The van der Waals surface area contributed by atoms with E-state index in [2.05, 4.69) is 12.2 Å². The minimum Gasteiger partial charge on any atom is -0.496 e. The molecule has 2 aromatic rings. The second-order valence-corrected chi connectivity index (χ2v) is 4.79. The summed E-state index contributed by atoms with van der Waals surface area (Å²) in [4.78, 5) is 0. The zero-order valence-corrected chi connectivity index (χ0v) is 12.6. The summed E-state index contributed by atoms with van der Waals surface area (Å²) in [5, 5.41) is 12.3. The molecule has 0 spiro atoms. The van der Waals surface area contributed by atoms with Crippen LogP contribution in [0.3, 0.4) is 0 Å². The first-order valence-corrected chi connectivity index (χ1v) is 6.91. The second-order valence-electron chi connectivity index (χ2n) is 4.79. The molecule has 1 unspecified atom stereocenters. The van der Waals surface area contributed by atoms with Gasteiger partial charge in [-0.2, -0.15) is 0 Å². The van der Waals surface area contributed by atoms with Gasteiger partial charge in [-0.05, 0) is 43.8 Å². The molecule has 2 rings (SSSR count). The van der Waals surface area contributed by atoms with E-state index in [-0.39, 0.29) is 12.6 Å². The van der Waals surface area contributed by atoms with Crippen LogP contribution in [0.1, 0.15) is 24.1 Å². The van der Waals surface area contributed by atoms with Crippen molar-refractivity contribution in [3.63, 3.8) is 0 Å². The molecule has 0 fully saturated rings. The number of benzene rings is 2. The molecular formula is C17H21NO3. The summed E-state index contributed by atoms with van der Waals surface area (Å²) in [6.45, 7) is 2.08. The molecule has 0 bridgehead atoms. The van der Waals surface area contributed by atoms with Gasteiger partial charge >= 0.3 is 0 Å². The van der Waals surface area contributed by atoms with Crippen molar-refractivity contribution in [2.75, 3.05) is 14.2 Å². The molecule has 0 aliphatic carbocycles. The van der Waals surface area contributed by atoms with Crippen LogP contribution in [0.4, 0.5) is 0 Å². The molecule has 1 atom stereocenters. The van der Waals surface area contributed by atoms with Crippen LogP contribution in [-0.4, -0.2) is 19.3 Å². The fraction of sp³-hybridized carbons (Fsp3) is 0.294. The van der Waals surface area contributed by atoms with E-state index in [4.69, 9.17) is 14.6 Å². The predicted molar refractivity (Wildman–Crippen MR) is 82.9 cm³/mol. The molecule has 2 aromatic carbocycles. The minimum atomic E-state index is 0.0292. The van der Waals surface area contributed by atoms with Crippen LogP contribution in [0, 0.1) is 0 Å². The fourth-order valence-electron chi connectivity index (χ4n) is 2.15. The van der Waals surface area contributed by atoms with Gasteiger partial charge in [-0.3, -0.25) is 0 Å². The van der Waals surface area contributed by atoms with Crippen LogP contribution in [0.5, 0.6) is 17.2 Å². The van der Waals surface area contributed by atoms with Gasteiger partial charge in [0, 0.05) is 6.04 Å². The maximum atomic E-state index is 9.07. The number of methoxy groups -OCH3 is 1. The van der Waals surface area contributed by atoms with E-state index in [1.807, 2.05) is 49.5 Å². The highest BCUT2D eigenvalue weighted by atomic mass is 16.5. The molecule has 0 saturated carbocycles. The highest BCUT2D eigenvalue weighted by Crippen LogP contribution is 2.36. The lowest BCUT2D eigenvalue weighted by Crippen LogP contribution is -2.14. The molecule has 4 heteroatoms. The van der Waals surface area contributed by atoms with E-state index in [1.165, 1.54) is 0 Å². The van der Waals surface area contributed by atoms with Crippen molar-refractivity contribution in [1.82, 2.24) is 5.32 Å². The van der Waals surface area contributed by atoms with Gasteiger partial charge in [0.25, 0.3) is 0 Å². The smallest absolute Gasteiger partial charge is 0.135 e. The molecule has 0 radical (unpaired) electrons. The number of rotatable bonds is 6. The largest absolute Gasteiger partial charge is 0.496 e. The molecular weight excluding hydrogens is 266 g/mol. The number of nitrogens with one attached hydrogen (secondary N) is 1. The molecule has 21 heavy (non-hydrogen) atoms. The van der Waals surface area contributed by atoms with E-state index in [9.17, 15) is 0 Å². The summed E-state index contributed by atoms with van der Waals surface area (Å²) in [7, 11) is 3.55. The van der Waals surface area contributed by atoms with Crippen molar-refractivity contribution in [3.8, 4) is 17.2 Å². The van der Waals surface area contributed by atoms with Crippen LogP contribution in [0.15, 0.2) is 42.5 Å². The Morgan fingerprint density at radius 2 is 1.76 bits per heavy atom. The van der Waals surface area contributed by atoms with Gasteiger partial charge in [0.15, 0.2) is 0 Å². The Bertz CT molecular complexity index is 581. The Labute approximate surface area is 125 Å². The molecule has 0 heterocycles. The summed E-state index contributed by atoms with van der Waals surface area (Å²) in [5.74, 6) is 2.28. The van der Waals surface area contributed by atoms with E-state index >= 15 is 0 Å². The van der Waals surface area contributed by atoms with Crippen LogP contribution in [0.2, 0.25) is 0 Å². The lowest BCUT2D eigenvalue weighted by atomic mass is 10.1. The zero-order valence-electron chi connectivity index (χ0n) is 12.6. The Kier molecular flexibility index (Phi) is 5.20. The predicted octanol–water partition coefficient (Wildman–Crippen LogP) is 3.26. The van der Waals surface area contributed by atoms with E-state index in [1.54, 1.807) is 7.11 Å². The molecule has 0 aliphatic heterocycles. The SMILES string of the molecule is CNC(C)c1c(OC)cccc1Oc1ccc(CO)cc1. The minimum absolute atomic E-state index is 0.0292. The number of hydrogen-bond donors (Lipinski definition) is 2. The number of aliphatic hydroxyl groups is 1. The van der Waals surface area contributed by atoms with Crippen molar-refractivity contribution in [1.29, 1.82) is 0 Å². The molecule has 0 amide bonds. The Hall–Kier alpha value is -2.04. The van der Waals surface area contributed by atoms with Crippen molar-refractivity contribution in [3.05, 3.63) is 53.6 Å². The van der Waals surface area contributed by atoms with Gasteiger partial charge < -0.3 is 19.9 Å². The molecule has 112 valence electrons. The summed E-state index contributed by atoms with van der Waals surface area (Å²) < 4.78 is 11.4. The van der Waals surface area contributed by atoms with Crippen LogP contribution < -0.4 is 14.8 Å². The highest BCUT2D eigenvalue weighted by Gasteiger charge is 2.16. The molecule has 0 aromatic heterocycles. The van der Waals surface area contributed by atoms with E-state index in [0.717, 1.165) is 28.4 Å². The zero-order chi connectivity index (χ0) is 15.2. The van der Waals surface area contributed by atoms with Gasteiger partial charge in [-0.15, -0.1) is 0 Å². The Balaban J connectivity index is 2.33. The van der Waals surface area contributed by atoms with Crippen LogP contribution in [-0.2, 0) is 6.61 Å². The van der Waals surface area contributed by atoms with Crippen molar-refractivity contribution >= 4 is 0 Å². The third-order valence-corrected chi connectivity index (χ3v) is 3.45. The monoisotopic (exact) mass is 287 g/mol. The first-order valence-electron chi connectivity index (χ1n) is 6.91. The van der Waals surface area contributed by atoms with Gasteiger partial charge in [0.2, 0.25) is 0 Å². The summed E-state index contributed by atoms with van der Waals surface area (Å²) >= 11 is 0. The van der Waals surface area contributed by atoms with Crippen molar-refractivity contribution in [2.24, 2.45) is 0 Å². The highest BCUT2D eigenvalue weighted by molar-refractivity contribution is 5.48. The normalized spacial score (nSPS) is 12.0. The molecule has 0 saturated heterocycles. The van der Waals surface area contributed by atoms with Gasteiger partial charge in [-0.1, -0.05) is 18.2 Å². The van der Waals surface area contributed by atoms with Gasteiger partial charge in [0.1, 0.15) is 17.2 Å². The topological polar surface area (TPSA) is 50.7 Å². The van der Waals surface area contributed by atoms with Crippen molar-refractivity contribution < 1.29 is 14.6 Å². The second kappa shape index (κ2) is 7.11. The van der Waals surface area contributed by atoms with Crippen LogP contribution in [0.25, 0.3) is 0 Å². The van der Waals surface area contributed by atoms with Crippen molar-refractivity contribution in [2.45, 2.75) is 19.6 Å². The quantitative estimate of drug-likeness (QED) is 0.856. The summed E-state index contributed by atoms with van der Waals surface area (Å²) in [6, 6.07) is 13.2. The Morgan fingerprint density at radius 1 is 1.10 bits per heavy atom. The van der Waals surface area contributed by atoms with E-state index < -0.39 is 0 Å². The summed E-state index contributed by atoms with van der Waals surface area (Å²) in [6.07, 6.45) is 0. The maximum absolute atomic E-state index is 9.07. The average Bonchev–Trinajstić information content (AvgIpc) is 2.54. The lowest BCUT2D eigenvalue weighted by molar-refractivity contribution is 0.281. The number of aliphatic hydroxyl groups excluding tert-OH is 1. The summed E-state index contributed by atoms with van der Waals surface area (Å²) in [5.41, 5.74) is 1.84. The fourth-order valence-corrected chi connectivity index (χ4v) is 2.15. The molecule has 0 aliphatic rings. The molecule has 4 nitrogen and oxygen atoms in total. The maximum Gasteiger partial charge on any atom is 0.135 e. The van der Waals surface area contributed by atoms with E-state index in [0.29, 0.717) is 0 Å². The lowest BCUT2D eigenvalue weighted by Gasteiger charge is -2.19. The Morgan fingerprint density at radius 3 is 2.33 bits per heavy atom. The third kappa shape index (κ3) is 3.54. The van der Waals surface area contributed by atoms with Gasteiger partial charge in [0.05, 0.1) is 19.3 Å². The standard InChI is InChI=1S/C17H21NO3/c1-12(18-2)17-15(20-3)5-4-6-16(17)21-14-9-7-13(11-19)8-10-14/h4-10,12,18-19H,11H2,1-3H3. The number of ether oxygens (including phenoxy) is 2. The first-order chi connectivity index (χ1) is 10.2. The average molecular weight is 287 g/mol.